The summed E-state index contributed by atoms with van der Waals surface area (Å²) in [6.45, 7) is 3.79. The number of nitrogens with zero attached hydrogens (tertiary/aromatic N) is 7. The Morgan fingerprint density at radius 2 is 1.93 bits per heavy atom. The van der Waals surface area contributed by atoms with Crippen molar-refractivity contribution in [3.05, 3.63) is 66.3 Å². The Labute approximate surface area is 159 Å². The lowest BCUT2D eigenvalue weighted by atomic mass is 9.96. The number of hydrogen-bond donors (Lipinski definition) is 0. The van der Waals surface area contributed by atoms with Gasteiger partial charge in [0.05, 0.1) is 0 Å². The highest BCUT2D eigenvalue weighted by Gasteiger charge is 2.24. The van der Waals surface area contributed by atoms with Gasteiger partial charge in [-0.15, -0.1) is 10.2 Å². The minimum Gasteiger partial charge on any atom is -0.316 e. The van der Waals surface area contributed by atoms with Crippen LogP contribution in [-0.4, -0.2) is 54.1 Å². The van der Waals surface area contributed by atoms with Crippen molar-refractivity contribution in [3.8, 4) is 0 Å². The molecule has 0 unspecified atom stereocenters. The molecule has 2 aromatic heterocycles. The maximum Gasteiger partial charge on any atom is 0.154 e. The van der Waals surface area contributed by atoms with Gasteiger partial charge in [-0.25, -0.2) is 9.67 Å². The van der Waals surface area contributed by atoms with E-state index >= 15 is 0 Å². The Kier molecular flexibility index (Phi) is 5.39. The van der Waals surface area contributed by atoms with Crippen LogP contribution in [0.5, 0.6) is 0 Å². The van der Waals surface area contributed by atoms with Gasteiger partial charge in [0, 0.05) is 19.5 Å². The fourth-order valence-electron chi connectivity index (χ4n) is 3.60. The van der Waals surface area contributed by atoms with E-state index < -0.39 is 0 Å². The van der Waals surface area contributed by atoms with E-state index in [1.54, 1.807) is 17.3 Å². The van der Waals surface area contributed by atoms with Crippen LogP contribution in [0.25, 0.3) is 6.08 Å². The van der Waals surface area contributed by atoms with E-state index in [2.05, 4.69) is 73.2 Å². The first-order valence-corrected chi connectivity index (χ1v) is 9.44. The molecule has 1 aliphatic heterocycles. The second-order valence-corrected chi connectivity index (χ2v) is 7.01. The molecular formula is C20H25N7. The highest BCUT2D eigenvalue weighted by molar-refractivity contribution is 5.48. The van der Waals surface area contributed by atoms with Gasteiger partial charge >= 0.3 is 0 Å². The molecule has 1 saturated heterocycles. The number of likely N-dealkylation sites (tertiary alicyclic amines) is 1. The topological polar surface area (TPSA) is 64.7 Å². The first kappa shape index (κ1) is 17.6. The van der Waals surface area contributed by atoms with Crippen molar-refractivity contribution in [1.29, 1.82) is 0 Å². The SMILES string of the molecule is Cn1c(Cn2cncn2)nnc1C1CCN(CC=Cc2ccccc2)CC1. The summed E-state index contributed by atoms with van der Waals surface area (Å²) in [5, 5.41) is 13.0. The molecule has 0 amide bonds. The summed E-state index contributed by atoms with van der Waals surface area (Å²) in [6.07, 6.45) is 9.94. The van der Waals surface area contributed by atoms with E-state index in [0.29, 0.717) is 12.5 Å². The average Bonchev–Trinajstić information content (AvgIpc) is 3.34. The van der Waals surface area contributed by atoms with Gasteiger partial charge in [0.2, 0.25) is 0 Å². The third kappa shape index (κ3) is 4.31. The first-order chi connectivity index (χ1) is 13.3. The molecule has 7 heteroatoms. The van der Waals surface area contributed by atoms with E-state index in [1.165, 1.54) is 5.56 Å². The molecule has 3 heterocycles. The summed E-state index contributed by atoms with van der Waals surface area (Å²) < 4.78 is 3.90. The largest absolute Gasteiger partial charge is 0.316 e. The van der Waals surface area contributed by atoms with Crippen molar-refractivity contribution >= 4 is 6.08 Å². The minimum absolute atomic E-state index is 0.473. The Hall–Kier alpha value is -2.80. The van der Waals surface area contributed by atoms with E-state index in [9.17, 15) is 0 Å². The zero-order chi connectivity index (χ0) is 18.5. The van der Waals surface area contributed by atoms with E-state index in [-0.39, 0.29) is 0 Å². The lowest BCUT2D eigenvalue weighted by Gasteiger charge is -2.30. The molecule has 0 atom stereocenters. The minimum atomic E-state index is 0.473. The Bertz CT molecular complexity index is 859. The van der Waals surface area contributed by atoms with Gasteiger partial charge in [-0.05, 0) is 31.5 Å². The first-order valence-electron chi connectivity index (χ1n) is 9.44. The summed E-state index contributed by atoms with van der Waals surface area (Å²) in [4.78, 5) is 6.48. The molecule has 7 nitrogen and oxygen atoms in total. The van der Waals surface area contributed by atoms with Crippen LogP contribution in [-0.2, 0) is 13.6 Å². The molecule has 1 fully saturated rings. The molecule has 0 radical (unpaired) electrons. The Balaban J connectivity index is 1.30. The fraction of sp³-hybridized carbons (Fsp3) is 0.400. The van der Waals surface area contributed by atoms with Crippen LogP contribution in [0, 0.1) is 0 Å². The molecule has 140 valence electrons. The molecule has 0 aliphatic carbocycles. The second-order valence-electron chi connectivity index (χ2n) is 7.01. The van der Waals surface area contributed by atoms with Crippen LogP contribution >= 0.6 is 0 Å². The van der Waals surface area contributed by atoms with Crippen molar-refractivity contribution in [2.75, 3.05) is 19.6 Å². The molecule has 0 spiro atoms. The van der Waals surface area contributed by atoms with Gasteiger partial charge in [-0.1, -0.05) is 42.5 Å². The number of hydrogen-bond acceptors (Lipinski definition) is 5. The summed E-state index contributed by atoms with van der Waals surface area (Å²) in [6, 6.07) is 10.5. The van der Waals surface area contributed by atoms with Gasteiger partial charge in [0.15, 0.2) is 5.82 Å². The highest BCUT2D eigenvalue weighted by atomic mass is 15.4. The van der Waals surface area contributed by atoms with Gasteiger partial charge in [-0.3, -0.25) is 4.90 Å². The van der Waals surface area contributed by atoms with Crippen LogP contribution in [0.1, 0.15) is 36.0 Å². The van der Waals surface area contributed by atoms with Gasteiger partial charge in [-0.2, -0.15) is 5.10 Å². The smallest absolute Gasteiger partial charge is 0.154 e. The average molecular weight is 363 g/mol. The van der Waals surface area contributed by atoms with Crippen molar-refractivity contribution in [1.82, 2.24) is 34.4 Å². The molecule has 1 aromatic carbocycles. The maximum atomic E-state index is 4.47. The number of rotatable bonds is 6. The number of aromatic nitrogens is 6. The lowest BCUT2D eigenvalue weighted by molar-refractivity contribution is 0.227. The van der Waals surface area contributed by atoms with Crippen molar-refractivity contribution in [2.45, 2.75) is 25.3 Å². The molecule has 0 N–H and O–H groups in total. The Morgan fingerprint density at radius 3 is 2.67 bits per heavy atom. The number of benzene rings is 1. The summed E-state index contributed by atoms with van der Waals surface area (Å²) in [7, 11) is 2.05. The van der Waals surface area contributed by atoms with Crippen LogP contribution < -0.4 is 0 Å². The van der Waals surface area contributed by atoms with Gasteiger partial charge in [0.25, 0.3) is 0 Å². The Morgan fingerprint density at radius 1 is 1.11 bits per heavy atom. The normalized spacial score (nSPS) is 16.3. The van der Waals surface area contributed by atoms with Crippen molar-refractivity contribution < 1.29 is 0 Å². The molecule has 3 aromatic rings. The van der Waals surface area contributed by atoms with Crippen LogP contribution in [0.3, 0.4) is 0 Å². The standard InChI is InChI=1S/C20H25N7/c1-25-19(14-27-16-21-15-22-27)23-24-20(25)18-9-12-26(13-10-18)11-5-8-17-6-3-2-4-7-17/h2-8,15-16,18H,9-14H2,1H3. The third-order valence-corrected chi connectivity index (χ3v) is 5.19. The quantitative estimate of drug-likeness (QED) is 0.673. The van der Waals surface area contributed by atoms with Crippen molar-refractivity contribution in [2.24, 2.45) is 7.05 Å². The van der Waals surface area contributed by atoms with Gasteiger partial charge < -0.3 is 4.57 Å². The molecule has 0 saturated carbocycles. The maximum absolute atomic E-state index is 4.47. The third-order valence-electron chi connectivity index (χ3n) is 5.19. The lowest BCUT2D eigenvalue weighted by Crippen LogP contribution is -2.33. The van der Waals surface area contributed by atoms with Gasteiger partial charge in [0.1, 0.15) is 25.0 Å². The van der Waals surface area contributed by atoms with Crippen LogP contribution in [0.2, 0.25) is 0 Å². The highest BCUT2D eigenvalue weighted by Crippen LogP contribution is 2.26. The predicted octanol–water partition coefficient (Wildman–Crippen LogP) is 2.35. The zero-order valence-corrected chi connectivity index (χ0v) is 15.6. The second kappa shape index (κ2) is 8.26. The zero-order valence-electron chi connectivity index (χ0n) is 15.6. The molecular weight excluding hydrogens is 338 g/mol. The van der Waals surface area contributed by atoms with Crippen molar-refractivity contribution in [3.63, 3.8) is 0 Å². The fourth-order valence-corrected chi connectivity index (χ4v) is 3.60. The molecule has 0 bridgehead atoms. The molecule has 27 heavy (non-hydrogen) atoms. The van der Waals surface area contributed by atoms with Crippen LogP contribution in [0.4, 0.5) is 0 Å². The molecule has 1 aliphatic rings. The predicted molar refractivity (Wildman–Crippen MR) is 104 cm³/mol. The van der Waals surface area contributed by atoms with E-state index in [1.807, 2.05) is 6.07 Å². The van der Waals surface area contributed by atoms with E-state index in [4.69, 9.17) is 0 Å². The summed E-state index contributed by atoms with van der Waals surface area (Å²) in [5.41, 5.74) is 1.26. The van der Waals surface area contributed by atoms with Crippen LogP contribution in [0.15, 0.2) is 49.1 Å². The monoisotopic (exact) mass is 363 g/mol. The number of piperidine rings is 1. The summed E-state index contributed by atoms with van der Waals surface area (Å²) in [5.74, 6) is 2.48. The molecule has 4 rings (SSSR count). The van der Waals surface area contributed by atoms with E-state index in [0.717, 1.165) is 44.1 Å². The summed E-state index contributed by atoms with van der Waals surface area (Å²) >= 11 is 0.